The lowest BCUT2D eigenvalue weighted by molar-refractivity contribution is 0.102. The minimum Gasteiger partial charge on any atom is -0.497 e. The third kappa shape index (κ3) is 4.37. The van der Waals surface area contributed by atoms with Crippen LogP contribution in [0, 0.1) is 0 Å². The van der Waals surface area contributed by atoms with Gasteiger partial charge in [-0.1, -0.05) is 0 Å². The Kier molecular flexibility index (Phi) is 6.29. The van der Waals surface area contributed by atoms with Gasteiger partial charge in [0.25, 0.3) is 11.5 Å². The summed E-state index contributed by atoms with van der Waals surface area (Å²) in [5.41, 5.74) is -1.22. The molecule has 0 radical (unpaired) electrons. The number of H-pyrrole nitrogens is 1. The Morgan fingerprint density at radius 3 is 2.10 bits per heavy atom. The summed E-state index contributed by atoms with van der Waals surface area (Å²) in [5, 5.41) is 2.61. The van der Waals surface area contributed by atoms with Crippen LogP contribution in [0.3, 0.4) is 0 Å². The van der Waals surface area contributed by atoms with Crippen LogP contribution in [0.15, 0.2) is 52.2 Å². The number of carbonyl (C=O) groups excluding carboxylic acids is 1. The lowest BCUT2D eigenvalue weighted by Gasteiger charge is -2.12. The first-order chi connectivity index (χ1) is 14.9. The SMILES string of the molecule is COc1cc(NC(=O)c2c[nH]c(=O)n(-c3ccc(OC)c(OC)c3)c2=O)cc(OC)c1. The van der Waals surface area contributed by atoms with Crippen LogP contribution in [0.25, 0.3) is 5.69 Å². The van der Waals surface area contributed by atoms with E-state index in [0.29, 0.717) is 28.7 Å². The molecule has 10 nitrogen and oxygen atoms in total. The number of rotatable bonds is 7. The van der Waals surface area contributed by atoms with Crippen molar-refractivity contribution in [2.75, 3.05) is 33.8 Å². The number of carbonyl (C=O) groups is 1. The summed E-state index contributed by atoms with van der Waals surface area (Å²) in [4.78, 5) is 40.5. The second-order valence-electron chi connectivity index (χ2n) is 6.24. The van der Waals surface area contributed by atoms with Gasteiger partial charge in [0.2, 0.25) is 0 Å². The molecule has 0 spiro atoms. The van der Waals surface area contributed by atoms with Crippen molar-refractivity contribution in [3.8, 4) is 28.7 Å². The second kappa shape index (κ2) is 9.08. The van der Waals surface area contributed by atoms with E-state index in [1.54, 1.807) is 24.3 Å². The summed E-state index contributed by atoms with van der Waals surface area (Å²) in [5.74, 6) is 0.949. The van der Waals surface area contributed by atoms with Gasteiger partial charge in [-0.25, -0.2) is 9.36 Å². The van der Waals surface area contributed by atoms with E-state index in [2.05, 4.69) is 10.3 Å². The fraction of sp³-hybridized carbons (Fsp3) is 0.190. The standard InChI is InChI=1S/C21H21N3O7/c1-28-14-7-12(8-15(10-14)29-2)23-19(25)16-11-22-21(27)24(20(16)26)13-5-6-17(30-3)18(9-13)31-4/h5-11H,1-4H3,(H,22,27)(H,23,25). The zero-order valence-corrected chi connectivity index (χ0v) is 17.3. The molecule has 1 amide bonds. The molecule has 0 aliphatic carbocycles. The van der Waals surface area contributed by atoms with E-state index in [0.717, 1.165) is 10.8 Å². The van der Waals surface area contributed by atoms with Gasteiger partial charge in [-0.05, 0) is 12.1 Å². The third-order valence-electron chi connectivity index (χ3n) is 4.46. The normalized spacial score (nSPS) is 10.3. The average Bonchev–Trinajstić information content (AvgIpc) is 2.78. The molecule has 2 aromatic carbocycles. The fourth-order valence-corrected chi connectivity index (χ4v) is 2.91. The maximum atomic E-state index is 13.0. The Bertz CT molecular complexity index is 1210. The molecule has 10 heteroatoms. The van der Waals surface area contributed by atoms with Gasteiger partial charge in [0, 0.05) is 36.1 Å². The lowest BCUT2D eigenvalue weighted by Crippen LogP contribution is -2.38. The maximum absolute atomic E-state index is 13.0. The zero-order chi connectivity index (χ0) is 22.5. The number of amides is 1. The van der Waals surface area contributed by atoms with E-state index in [-0.39, 0.29) is 11.3 Å². The van der Waals surface area contributed by atoms with Crippen molar-refractivity contribution in [3.05, 3.63) is 69.0 Å². The van der Waals surface area contributed by atoms with Gasteiger partial charge in [-0.2, -0.15) is 0 Å². The minimum atomic E-state index is -0.802. The number of hydrogen-bond donors (Lipinski definition) is 2. The molecule has 0 atom stereocenters. The first-order valence-electron chi connectivity index (χ1n) is 9.03. The molecule has 3 aromatic rings. The largest absolute Gasteiger partial charge is 0.497 e. The summed E-state index contributed by atoms with van der Waals surface area (Å²) < 4.78 is 21.6. The molecule has 1 aromatic heterocycles. The molecular weight excluding hydrogens is 406 g/mol. The summed E-state index contributed by atoms with van der Waals surface area (Å²) in [6.07, 6.45) is 1.06. The number of methoxy groups -OCH3 is 4. The van der Waals surface area contributed by atoms with Crippen LogP contribution < -0.4 is 35.5 Å². The molecule has 0 fully saturated rings. The van der Waals surface area contributed by atoms with E-state index >= 15 is 0 Å². The number of ether oxygens (including phenoxy) is 4. The number of aromatic amines is 1. The predicted molar refractivity (Wildman–Crippen MR) is 113 cm³/mol. The zero-order valence-electron chi connectivity index (χ0n) is 17.3. The highest BCUT2D eigenvalue weighted by Gasteiger charge is 2.18. The quantitative estimate of drug-likeness (QED) is 0.590. The van der Waals surface area contributed by atoms with Crippen molar-refractivity contribution < 1.29 is 23.7 Å². The first-order valence-corrected chi connectivity index (χ1v) is 9.03. The molecule has 0 saturated heterocycles. The van der Waals surface area contributed by atoms with E-state index in [1.807, 2.05) is 0 Å². The summed E-state index contributed by atoms with van der Waals surface area (Å²) in [6.45, 7) is 0. The Hall–Kier alpha value is -4.21. The van der Waals surface area contributed by atoms with Crippen LogP contribution in [0.2, 0.25) is 0 Å². The summed E-state index contributed by atoms with van der Waals surface area (Å²) in [7, 11) is 5.85. The molecule has 0 aliphatic heterocycles. The number of nitrogens with zero attached hydrogens (tertiary/aromatic N) is 1. The average molecular weight is 427 g/mol. The summed E-state index contributed by atoms with van der Waals surface area (Å²) in [6, 6.07) is 9.30. The van der Waals surface area contributed by atoms with Gasteiger partial charge >= 0.3 is 5.69 Å². The van der Waals surface area contributed by atoms with Crippen molar-refractivity contribution in [1.29, 1.82) is 0 Å². The topological polar surface area (TPSA) is 121 Å². The summed E-state index contributed by atoms with van der Waals surface area (Å²) >= 11 is 0. The molecule has 0 saturated carbocycles. The van der Waals surface area contributed by atoms with Crippen molar-refractivity contribution in [2.45, 2.75) is 0 Å². The van der Waals surface area contributed by atoms with Gasteiger partial charge in [0.15, 0.2) is 11.5 Å². The number of aromatic nitrogens is 2. The first kappa shape index (κ1) is 21.5. The van der Waals surface area contributed by atoms with Gasteiger partial charge in [-0.15, -0.1) is 0 Å². The Morgan fingerprint density at radius 1 is 0.871 bits per heavy atom. The second-order valence-corrected chi connectivity index (χ2v) is 6.24. The molecule has 1 heterocycles. The molecule has 162 valence electrons. The molecule has 0 bridgehead atoms. The Labute approximate surface area is 177 Å². The van der Waals surface area contributed by atoms with E-state index in [4.69, 9.17) is 18.9 Å². The van der Waals surface area contributed by atoms with Gasteiger partial charge in [0.05, 0.1) is 34.1 Å². The van der Waals surface area contributed by atoms with Crippen molar-refractivity contribution in [1.82, 2.24) is 9.55 Å². The van der Waals surface area contributed by atoms with Crippen LogP contribution in [0.5, 0.6) is 23.0 Å². The highest BCUT2D eigenvalue weighted by molar-refractivity contribution is 6.04. The van der Waals surface area contributed by atoms with Crippen molar-refractivity contribution >= 4 is 11.6 Å². The fourth-order valence-electron chi connectivity index (χ4n) is 2.91. The van der Waals surface area contributed by atoms with Crippen molar-refractivity contribution in [3.63, 3.8) is 0 Å². The Balaban J connectivity index is 2.02. The molecule has 2 N–H and O–H groups in total. The van der Waals surface area contributed by atoms with Gasteiger partial charge < -0.3 is 29.2 Å². The van der Waals surface area contributed by atoms with Gasteiger partial charge in [0.1, 0.15) is 17.1 Å². The predicted octanol–water partition coefficient (Wildman–Crippen LogP) is 1.81. The van der Waals surface area contributed by atoms with Crippen LogP contribution in [0.1, 0.15) is 10.4 Å². The molecule has 0 unspecified atom stereocenters. The molecule has 0 aliphatic rings. The monoisotopic (exact) mass is 427 g/mol. The van der Waals surface area contributed by atoms with E-state index in [1.165, 1.54) is 40.6 Å². The van der Waals surface area contributed by atoms with E-state index in [9.17, 15) is 14.4 Å². The van der Waals surface area contributed by atoms with Crippen LogP contribution in [0.4, 0.5) is 5.69 Å². The van der Waals surface area contributed by atoms with Crippen molar-refractivity contribution in [2.24, 2.45) is 0 Å². The number of benzene rings is 2. The van der Waals surface area contributed by atoms with E-state index < -0.39 is 17.2 Å². The van der Waals surface area contributed by atoms with Crippen LogP contribution in [-0.4, -0.2) is 43.9 Å². The number of anilines is 1. The number of hydrogen-bond acceptors (Lipinski definition) is 7. The maximum Gasteiger partial charge on any atom is 0.333 e. The molecule has 31 heavy (non-hydrogen) atoms. The molecular formula is C21H21N3O7. The van der Waals surface area contributed by atoms with Crippen LogP contribution in [-0.2, 0) is 0 Å². The Morgan fingerprint density at radius 2 is 1.52 bits per heavy atom. The number of nitrogens with one attached hydrogen (secondary N) is 2. The smallest absolute Gasteiger partial charge is 0.333 e. The lowest BCUT2D eigenvalue weighted by atomic mass is 10.2. The highest BCUT2D eigenvalue weighted by atomic mass is 16.5. The highest BCUT2D eigenvalue weighted by Crippen LogP contribution is 2.28. The van der Waals surface area contributed by atoms with Crippen LogP contribution >= 0.6 is 0 Å². The molecule has 3 rings (SSSR count). The minimum absolute atomic E-state index is 0.210. The van der Waals surface area contributed by atoms with Gasteiger partial charge in [-0.3, -0.25) is 9.59 Å². The third-order valence-corrected chi connectivity index (χ3v) is 4.46.